The fraction of sp³-hybridized carbons (Fsp3) is 0.750. The van der Waals surface area contributed by atoms with E-state index in [0.717, 1.165) is 19.3 Å². The second kappa shape index (κ2) is 15.9. The maximum Gasteiger partial charge on any atom is 0.157 e. The SMILES string of the molecule is CCCCCCCCCC(CCc1ccc(O)cc1)CC(OCC)OCC. The molecule has 1 atom stereocenters. The van der Waals surface area contributed by atoms with Gasteiger partial charge in [-0.25, -0.2) is 0 Å². The maximum atomic E-state index is 9.46. The standard InChI is InChI=1S/C24H42O3/c1-4-7-8-9-10-11-12-13-22(20-24(26-5-2)27-6-3)15-14-21-16-18-23(25)19-17-21/h16-19,22,24-25H,4-15,20H2,1-3H3. The molecular weight excluding hydrogens is 336 g/mol. The molecule has 27 heavy (non-hydrogen) atoms. The highest BCUT2D eigenvalue weighted by molar-refractivity contribution is 5.25. The molecule has 156 valence electrons. The Bertz CT molecular complexity index is 437. The summed E-state index contributed by atoms with van der Waals surface area (Å²) < 4.78 is 11.6. The number of benzene rings is 1. The molecule has 0 spiro atoms. The number of phenols is 1. The lowest BCUT2D eigenvalue weighted by molar-refractivity contribution is -0.146. The zero-order valence-electron chi connectivity index (χ0n) is 17.9. The van der Waals surface area contributed by atoms with Gasteiger partial charge in [-0.3, -0.25) is 0 Å². The number of hydrogen-bond donors (Lipinski definition) is 1. The summed E-state index contributed by atoms with van der Waals surface area (Å²) in [5.41, 5.74) is 1.29. The van der Waals surface area contributed by atoms with Gasteiger partial charge >= 0.3 is 0 Å². The topological polar surface area (TPSA) is 38.7 Å². The first kappa shape index (κ1) is 24.0. The molecule has 0 saturated carbocycles. The smallest absolute Gasteiger partial charge is 0.157 e. The van der Waals surface area contributed by atoms with E-state index in [9.17, 15) is 5.11 Å². The van der Waals surface area contributed by atoms with Crippen LogP contribution >= 0.6 is 0 Å². The molecule has 1 N–H and O–H groups in total. The Morgan fingerprint density at radius 2 is 1.37 bits per heavy atom. The molecule has 0 saturated heterocycles. The minimum atomic E-state index is -0.0747. The van der Waals surface area contributed by atoms with Gasteiger partial charge in [0.15, 0.2) is 6.29 Å². The van der Waals surface area contributed by atoms with Crippen molar-refractivity contribution in [3.8, 4) is 5.75 Å². The van der Waals surface area contributed by atoms with Crippen LogP contribution in [0.3, 0.4) is 0 Å². The van der Waals surface area contributed by atoms with E-state index in [4.69, 9.17) is 9.47 Å². The van der Waals surface area contributed by atoms with Gasteiger partial charge in [-0.05, 0) is 50.3 Å². The van der Waals surface area contributed by atoms with E-state index in [2.05, 4.69) is 6.92 Å². The van der Waals surface area contributed by atoms with E-state index in [1.54, 1.807) is 12.1 Å². The van der Waals surface area contributed by atoms with Gasteiger partial charge in [-0.2, -0.15) is 0 Å². The van der Waals surface area contributed by atoms with Gasteiger partial charge < -0.3 is 14.6 Å². The zero-order valence-corrected chi connectivity index (χ0v) is 17.9. The van der Waals surface area contributed by atoms with Crippen LogP contribution in [0.15, 0.2) is 24.3 Å². The first-order chi connectivity index (χ1) is 13.2. The van der Waals surface area contributed by atoms with Crippen molar-refractivity contribution in [2.75, 3.05) is 13.2 Å². The van der Waals surface area contributed by atoms with Crippen LogP contribution in [0.25, 0.3) is 0 Å². The van der Waals surface area contributed by atoms with E-state index in [1.807, 2.05) is 26.0 Å². The Morgan fingerprint density at radius 3 is 1.96 bits per heavy atom. The zero-order chi connectivity index (χ0) is 19.7. The number of aryl methyl sites for hydroxylation is 1. The minimum Gasteiger partial charge on any atom is -0.508 e. The van der Waals surface area contributed by atoms with E-state index >= 15 is 0 Å². The molecule has 0 fully saturated rings. The Kier molecular flexibility index (Phi) is 14.2. The molecule has 0 aliphatic rings. The average molecular weight is 379 g/mol. The lowest BCUT2D eigenvalue weighted by Crippen LogP contribution is -2.22. The normalized spacial score (nSPS) is 12.6. The number of aromatic hydroxyl groups is 1. The summed E-state index contributed by atoms with van der Waals surface area (Å²) in [7, 11) is 0. The first-order valence-electron chi connectivity index (χ1n) is 11.2. The quantitative estimate of drug-likeness (QED) is 0.237. The molecule has 0 aliphatic carbocycles. The van der Waals surface area contributed by atoms with Crippen molar-refractivity contribution in [2.45, 2.75) is 97.7 Å². The Labute approximate surface area is 167 Å². The van der Waals surface area contributed by atoms with Crippen LogP contribution in [-0.2, 0) is 15.9 Å². The molecule has 3 heteroatoms. The van der Waals surface area contributed by atoms with Crippen molar-refractivity contribution < 1.29 is 14.6 Å². The third-order valence-corrected chi connectivity index (χ3v) is 5.22. The molecular formula is C24H42O3. The van der Waals surface area contributed by atoms with Crippen molar-refractivity contribution in [2.24, 2.45) is 5.92 Å². The van der Waals surface area contributed by atoms with Crippen molar-refractivity contribution in [3.63, 3.8) is 0 Å². The average Bonchev–Trinajstić information content (AvgIpc) is 2.66. The van der Waals surface area contributed by atoms with Crippen molar-refractivity contribution in [3.05, 3.63) is 29.8 Å². The Hall–Kier alpha value is -1.06. The number of unbranched alkanes of at least 4 members (excludes halogenated alkanes) is 6. The fourth-order valence-corrected chi connectivity index (χ4v) is 3.63. The molecule has 1 aromatic carbocycles. The number of ether oxygens (including phenoxy) is 2. The van der Waals surface area contributed by atoms with Crippen LogP contribution in [0.5, 0.6) is 5.75 Å². The van der Waals surface area contributed by atoms with Crippen LogP contribution < -0.4 is 0 Å². The van der Waals surface area contributed by atoms with Gasteiger partial charge in [0.05, 0.1) is 0 Å². The highest BCUT2D eigenvalue weighted by Gasteiger charge is 2.17. The molecule has 0 amide bonds. The summed E-state index contributed by atoms with van der Waals surface area (Å²) in [6.07, 6.45) is 13.8. The summed E-state index contributed by atoms with van der Waals surface area (Å²) in [4.78, 5) is 0. The van der Waals surface area contributed by atoms with Crippen molar-refractivity contribution in [1.29, 1.82) is 0 Å². The lowest BCUT2D eigenvalue weighted by Gasteiger charge is -2.23. The summed E-state index contributed by atoms with van der Waals surface area (Å²) in [6, 6.07) is 7.62. The van der Waals surface area contributed by atoms with Gasteiger partial charge in [0.2, 0.25) is 0 Å². The van der Waals surface area contributed by atoms with Gasteiger partial charge in [-0.1, -0.05) is 70.4 Å². The molecule has 1 unspecified atom stereocenters. The fourth-order valence-electron chi connectivity index (χ4n) is 3.63. The second-order valence-corrected chi connectivity index (χ2v) is 7.56. The molecule has 0 heterocycles. The molecule has 0 radical (unpaired) electrons. The number of phenolic OH excluding ortho intramolecular Hbond substituents is 1. The molecule has 3 nitrogen and oxygen atoms in total. The van der Waals surface area contributed by atoms with Crippen molar-refractivity contribution >= 4 is 0 Å². The Morgan fingerprint density at radius 1 is 0.778 bits per heavy atom. The molecule has 1 aromatic rings. The first-order valence-corrected chi connectivity index (χ1v) is 11.2. The second-order valence-electron chi connectivity index (χ2n) is 7.56. The van der Waals surface area contributed by atoms with Crippen LogP contribution in [0.2, 0.25) is 0 Å². The van der Waals surface area contributed by atoms with Crippen LogP contribution in [0.4, 0.5) is 0 Å². The van der Waals surface area contributed by atoms with Gasteiger partial charge in [0.1, 0.15) is 5.75 Å². The van der Waals surface area contributed by atoms with E-state index in [-0.39, 0.29) is 6.29 Å². The van der Waals surface area contributed by atoms with Crippen molar-refractivity contribution in [1.82, 2.24) is 0 Å². The largest absolute Gasteiger partial charge is 0.508 e. The highest BCUT2D eigenvalue weighted by atomic mass is 16.7. The maximum absolute atomic E-state index is 9.46. The van der Waals surface area contributed by atoms with Crippen LogP contribution in [-0.4, -0.2) is 24.6 Å². The monoisotopic (exact) mass is 378 g/mol. The number of hydrogen-bond acceptors (Lipinski definition) is 3. The summed E-state index contributed by atoms with van der Waals surface area (Å²) in [5, 5.41) is 9.46. The summed E-state index contributed by atoms with van der Waals surface area (Å²) in [6.45, 7) is 7.74. The van der Waals surface area contributed by atoms with Gasteiger partial charge in [0, 0.05) is 19.6 Å². The molecule has 0 bridgehead atoms. The number of rotatable bonds is 17. The van der Waals surface area contributed by atoms with Crippen LogP contribution in [0, 0.1) is 5.92 Å². The lowest BCUT2D eigenvalue weighted by atomic mass is 9.90. The third kappa shape index (κ3) is 12.1. The molecule has 0 aromatic heterocycles. The predicted molar refractivity (Wildman–Crippen MR) is 114 cm³/mol. The third-order valence-electron chi connectivity index (χ3n) is 5.22. The van der Waals surface area contributed by atoms with E-state index in [0.29, 0.717) is 24.9 Å². The highest BCUT2D eigenvalue weighted by Crippen LogP contribution is 2.24. The predicted octanol–water partition coefficient (Wildman–Crippen LogP) is 6.87. The van der Waals surface area contributed by atoms with E-state index < -0.39 is 0 Å². The Balaban J connectivity index is 2.44. The summed E-state index contributed by atoms with van der Waals surface area (Å²) >= 11 is 0. The van der Waals surface area contributed by atoms with Gasteiger partial charge in [0.25, 0.3) is 0 Å². The van der Waals surface area contributed by atoms with Gasteiger partial charge in [-0.15, -0.1) is 0 Å². The summed E-state index contributed by atoms with van der Waals surface area (Å²) in [5.74, 6) is 0.962. The van der Waals surface area contributed by atoms with Crippen LogP contribution in [0.1, 0.15) is 90.5 Å². The molecule has 0 aliphatic heterocycles. The van der Waals surface area contributed by atoms with E-state index in [1.165, 1.54) is 56.9 Å². The minimum absolute atomic E-state index is 0.0747. The molecule has 1 rings (SSSR count).